The van der Waals surface area contributed by atoms with Crippen LogP contribution in [0.15, 0.2) is 6.20 Å². The molecule has 1 aliphatic carbocycles. The molecular weight excluding hydrogens is 336 g/mol. The van der Waals surface area contributed by atoms with Gasteiger partial charge in [0.25, 0.3) is 0 Å². The Labute approximate surface area is 152 Å². The number of thiazole rings is 1. The Hall–Kier alpha value is -1.34. The van der Waals surface area contributed by atoms with Crippen LogP contribution in [0.5, 0.6) is 0 Å². The van der Waals surface area contributed by atoms with Gasteiger partial charge in [-0.05, 0) is 25.7 Å². The van der Waals surface area contributed by atoms with Gasteiger partial charge in [0.15, 0.2) is 5.13 Å². The van der Waals surface area contributed by atoms with Gasteiger partial charge in [-0.1, -0.05) is 12.8 Å². The van der Waals surface area contributed by atoms with E-state index < -0.39 is 0 Å². The summed E-state index contributed by atoms with van der Waals surface area (Å²) in [5, 5.41) is 1.17. The molecule has 0 unspecified atom stereocenters. The number of carbonyl (C=O) groups excluding carboxylic acids is 1. The molecule has 3 saturated heterocycles. The van der Waals surface area contributed by atoms with Crippen LogP contribution in [0.25, 0.3) is 0 Å². The minimum absolute atomic E-state index is 0.0547. The van der Waals surface area contributed by atoms with E-state index in [1.807, 2.05) is 17.5 Å². The predicted octanol–water partition coefficient (Wildman–Crippen LogP) is 2.69. The molecule has 1 aromatic heterocycles. The van der Waals surface area contributed by atoms with Gasteiger partial charge in [-0.15, -0.1) is 11.3 Å². The van der Waals surface area contributed by atoms with Crippen molar-refractivity contribution in [3.05, 3.63) is 11.1 Å². The number of nitrogens with zero attached hydrogens (tertiary/aromatic N) is 4. The molecule has 3 aliphatic heterocycles. The van der Waals surface area contributed by atoms with E-state index in [9.17, 15) is 4.79 Å². The first-order valence-corrected chi connectivity index (χ1v) is 10.5. The summed E-state index contributed by atoms with van der Waals surface area (Å²) < 4.78 is 5.69. The molecule has 25 heavy (non-hydrogen) atoms. The predicted molar refractivity (Wildman–Crippen MR) is 97.0 cm³/mol. The lowest BCUT2D eigenvalue weighted by molar-refractivity contribution is 0.113. The number of amides is 1. The molecule has 5 rings (SSSR count). The third-order valence-electron chi connectivity index (χ3n) is 6.15. The molecule has 7 heteroatoms. The van der Waals surface area contributed by atoms with Gasteiger partial charge in [0, 0.05) is 49.8 Å². The minimum Gasteiger partial charge on any atom is -0.442 e. The van der Waals surface area contributed by atoms with Crippen LogP contribution in [0.2, 0.25) is 0 Å². The first kappa shape index (κ1) is 15.9. The van der Waals surface area contributed by atoms with E-state index in [0.29, 0.717) is 6.04 Å². The number of fused-ring (bicyclic) bond motifs is 1. The van der Waals surface area contributed by atoms with Crippen molar-refractivity contribution < 1.29 is 9.53 Å². The van der Waals surface area contributed by atoms with Crippen LogP contribution in [-0.2, 0) is 11.3 Å². The number of hydrogen-bond acceptors (Lipinski definition) is 6. The summed E-state index contributed by atoms with van der Waals surface area (Å²) in [4.78, 5) is 25.1. The van der Waals surface area contributed by atoms with Crippen molar-refractivity contribution in [1.82, 2.24) is 14.8 Å². The van der Waals surface area contributed by atoms with Crippen LogP contribution in [0.1, 0.15) is 43.4 Å². The number of rotatable bonds is 4. The minimum atomic E-state index is -0.0735. The Balaban J connectivity index is 1.23. The maximum atomic E-state index is 12.3. The van der Waals surface area contributed by atoms with Gasteiger partial charge in [0.2, 0.25) is 0 Å². The summed E-state index contributed by atoms with van der Waals surface area (Å²) in [7, 11) is 0. The highest BCUT2D eigenvalue weighted by atomic mass is 32.1. The highest BCUT2D eigenvalue weighted by Gasteiger charge is 2.50. The van der Waals surface area contributed by atoms with E-state index in [4.69, 9.17) is 4.74 Å². The van der Waals surface area contributed by atoms with Gasteiger partial charge in [-0.25, -0.2) is 9.78 Å². The molecule has 0 N–H and O–H groups in total. The maximum absolute atomic E-state index is 12.3. The highest BCUT2D eigenvalue weighted by Crippen LogP contribution is 2.35. The Morgan fingerprint density at radius 3 is 2.76 bits per heavy atom. The zero-order chi connectivity index (χ0) is 16.8. The number of anilines is 1. The zero-order valence-corrected chi connectivity index (χ0v) is 15.4. The summed E-state index contributed by atoms with van der Waals surface area (Å²) in [6.45, 7) is 5.01. The molecule has 1 aromatic rings. The molecule has 1 saturated carbocycles. The lowest BCUT2D eigenvalue weighted by atomic mass is 10.1. The van der Waals surface area contributed by atoms with E-state index in [2.05, 4.69) is 19.7 Å². The van der Waals surface area contributed by atoms with Crippen LogP contribution < -0.4 is 4.90 Å². The summed E-state index contributed by atoms with van der Waals surface area (Å²) >= 11 is 1.82. The fraction of sp³-hybridized carbons (Fsp3) is 0.778. The maximum Gasteiger partial charge on any atom is 0.410 e. The van der Waals surface area contributed by atoms with Crippen molar-refractivity contribution in [2.24, 2.45) is 0 Å². The van der Waals surface area contributed by atoms with Gasteiger partial charge < -0.3 is 9.64 Å². The quantitative estimate of drug-likeness (QED) is 0.824. The molecule has 2 atom stereocenters. The monoisotopic (exact) mass is 362 g/mol. The molecule has 4 heterocycles. The molecule has 0 bridgehead atoms. The molecule has 6 nitrogen and oxygen atoms in total. The first-order chi connectivity index (χ1) is 12.3. The summed E-state index contributed by atoms with van der Waals surface area (Å²) in [6.07, 6.45) is 9.37. The van der Waals surface area contributed by atoms with Crippen molar-refractivity contribution in [2.45, 2.75) is 63.3 Å². The summed E-state index contributed by atoms with van der Waals surface area (Å²) in [5.41, 5.74) is 0. The average Bonchev–Trinajstić information content (AvgIpc) is 3.37. The van der Waals surface area contributed by atoms with Crippen LogP contribution in [0.3, 0.4) is 0 Å². The van der Waals surface area contributed by atoms with Gasteiger partial charge in [0.05, 0.1) is 6.04 Å². The standard InChI is InChI=1S/C18H26N4O2S/c23-18-22(13-5-1-2-6-13)15-11-20(12-16(15)24-18)10-14-9-19-17(25-14)21-7-3-4-8-21/h9,13,15-16H,1-8,10-12H2/t15-,16+/m0/s1. The van der Waals surface area contributed by atoms with Gasteiger partial charge in [-0.3, -0.25) is 9.80 Å². The van der Waals surface area contributed by atoms with Crippen LogP contribution in [0.4, 0.5) is 9.93 Å². The number of likely N-dealkylation sites (tertiary alicyclic amines) is 1. The molecule has 0 aromatic carbocycles. The van der Waals surface area contributed by atoms with E-state index in [1.165, 1.54) is 35.7 Å². The highest BCUT2D eigenvalue weighted by molar-refractivity contribution is 7.15. The lowest BCUT2D eigenvalue weighted by Gasteiger charge is -2.27. The van der Waals surface area contributed by atoms with Crippen molar-refractivity contribution in [2.75, 3.05) is 31.1 Å². The van der Waals surface area contributed by atoms with Crippen molar-refractivity contribution in [3.63, 3.8) is 0 Å². The summed E-state index contributed by atoms with van der Waals surface area (Å²) in [5.74, 6) is 0. The molecule has 136 valence electrons. The van der Waals surface area contributed by atoms with Crippen LogP contribution >= 0.6 is 11.3 Å². The Morgan fingerprint density at radius 2 is 1.96 bits per heavy atom. The third kappa shape index (κ3) is 2.91. The van der Waals surface area contributed by atoms with E-state index in [1.54, 1.807) is 0 Å². The SMILES string of the molecule is O=C1O[C@@H]2CN(Cc3cnc(N4CCCC4)s3)C[C@@H]2N1C1CCCC1. The smallest absolute Gasteiger partial charge is 0.410 e. The number of hydrogen-bond donors (Lipinski definition) is 0. The van der Waals surface area contributed by atoms with Crippen molar-refractivity contribution >= 4 is 22.6 Å². The average molecular weight is 362 g/mol. The molecule has 4 aliphatic rings. The largest absolute Gasteiger partial charge is 0.442 e. The molecule has 0 spiro atoms. The Kier molecular flexibility index (Phi) is 4.08. The third-order valence-corrected chi connectivity index (χ3v) is 7.19. The molecule has 0 radical (unpaired) electrons. The normalized spacial score (nSPS) is 30.5. The number of carbonyl (C=O) groups is 1. The number of aromatic nitrogens is 1. The van der Waals surface area contributed by atoms with Crippen LogP contribution in [-0.4, -0.2) is 65.2 Å². The summed E-state index contributed by atoms with van der Waals surface area (Å²) in [6, 6.07) is 0.661. The van der Waals surface area contributed by atoms with Crippen LogP contribution in [0, 0.1) is 0 Å². The molecule has 1 amide bonds. The molecular formula is C18H26N4O2S. The Morgan fingerprint density at radius 1 is 1.16 bits per heavy atom. The fourth-order valence-corrected chi connectivity index (χ4v) is 5.92. The van der Waals surface area contributed by atoms with E-state index >= 15 is 0 Å². The van der Waals surface area contributed by atoms with Gasteiger partial charge >= 0.3 is 6.09 Å². The van der Waals surface area contributed by atoms with Gasteiger partial charge in [-0.2, -0.15) is 0 Å². The fourth-order valence-electron chi connectivity index (χ4n) is 4.92. The zero-order valence-electron chi connectivity index (χ0n) is 14.6. The van der Waals surface area contributed by atoms with Crippen molar-refractivity contribution in [1.29, 1.82) is 0 Å². The van der Waals surface area contributed by atoms with E-state index in [-0.39, 0.29) is 18.2 Å². The molecule has 4 fully saturated rings. The second-order valence-corrected chi connectivity index (χ2v) is 8.93. The Bertz CT molecular complexity index is 639. The van der Waals surface area contributed by atoms with Crippen molar-refractivity contribution in [3.8, 4) is 0 Å². The number of ether oxygens (including phenoxy) is 1. The topological polar surface area (TPSA) is 48.9 Å². The second kappa shape index (κ2) is 6.43. The second-order valence-electron chi connectivity index (χ2n) is 7.83. The lowest BCUT2D eigenvalue weighted by Crippen LogP contribution is -2.43. The van der Waals surface area contributed by atoms with E-state index in [0.717, 1.165) is 45.6 Å². The van der Waals surface area contributed by atoms with Gasteiger partial charge in [0.1, 0.15) is 6.10 Å². The first-order valence-electron chi connectivity index (χ1n) is 9.69.